The van der Waals surface area contributed by atoms with E-state index < -0.39 is 11.8 Å². The molecule has 0 spiro atoms. The van der Waals surface area contributed by atoms with E-state index in [-0.39, 0.29) is 6.04 Å². The van der Waals surface area contributed by atoms with Crippen molar-refractivity contribution in [2.75, 3.05) is 56.7 Å². The third-order valence-corrected chi connectivity index (χ3v) is 6.69. The normalized spacial score (nSPS) is 17.0. The Labute approximate surface area is 193 Å². The van der Waals surface area contributed by atoms with Crippen LogP contribution < -0.4 is 15.5 Å². The number of carbonyl (C=O) groups excluding carboxylic acids is 2. The van der Waals surface area contributed by atoms with Gasteiger partial charge in [0.25, 0.3) is 0 Å². The van der Waals surface area contributed by atoms with Crippen LogP contribution in [0.2, 0.25) is 5.02 Å². The van der Waals surface area contributed by atoms with E-state index in [1.165, 1.54) is 11.3 Å². The van der Waals surface area contributed by atoms with Gasteiger partial charge in [-0.15, -0.1) is 0 Å². The number of amides is 2. The van der Waals surface area contributed by atoms with Gasteiger partial charge < -0.3 is 20.3 Å². The number of ether oxygens (including phenoxy) is 1. The van der Waals surface area contributed by atoms with Crippen LogP contribution in [0.3, 0.4) is 0 Å². The predicted molar refractivity (Wildman–Crippen MR) is 126 cm³/mol. The Hall–Kier alpha value is -2.61. The highest BCUT2D eigenvalue weighted by Gasteiger charge is 2.26. The summed E-state index contributed by atoms with van der Waals surface area (Å²) in [4.78, 5) is 29.6. The molecule has 0 bridgehead atoms. The van der Waals surface area contributed by atoms with Gasteiger partial charge in [-0.25, -0.2) is 0 Å². The lowest BCUT2D eigenvalue weighted by atomic mass is 10.0. The lowest BCUT2D eigenvalue weighted by Gasteiger charge is -2.35. The molecular weight excluding hydrogens is 428 g/mol. The maximum Gasteiger partial charge on any atom is 0.313 e. The minimum absolute atomic E-state index is 0.0280. The van der Waals surface area contributed by atoms with Crippen molar-refractivity contribution in [2.24, 2.45) is 0 Å². The summed E-state index contributed by atoms with van der Waals surface area (Å²) in [5.74, 6) is -1.37. The molecule has 2 aliphatic heterocycles. The van der Waals surface area contributed by atoms with Gasteiger partial charge in [0.05, 0.1) is 19.3 Å². The largest absolute Gasteiger partial charge is 0.379 e. The van der Waals surface area contributed by atoms with Gasteiger partial charge in [-0.2, -0.15) is 0 Å². The highest BCUT2D eigenvalue weighted by atomic mass is 35.5. The Balaban J connectivity index is 1.46. The zero-order valence-corrected chi connectivity index (χ0v) is 19.2. The molecule has 2 aromatic rings. The van der Waals surface area contributed by atoms with Gasteiger partial charge in [0, 0.05) is 49.6 Å². The average molecular weight is 457 g/mol. The van der Waals surface area contributed by atoms with Crippen LogP contribution in [-0.4, -0.2) is 63.2 Å². The fourth-order valence-electron chi connectivity index (χ4n) is 4.33. The number of carbonyl (C=O) groups is 2. The summed E-state index contributed by atoms with van der Waals surface area (Å²) in [6, 6.07) is 11.7. The van der Waals surface area contributed by atoms with Crippen LogP contribution in [0, 0.1) is 6.92 Å². The van der Waals surface area contributed by atoms with Crippen LogP contribution in [0.5, 0.6) is 0 Å². The van der Waals surface area contributed by atoms with Gasteiger partial charge in [-0.3, -0.25) is 14.5 Å². The smallest absolute Gasteiger partial charge is 0.313 e. The number of benzene rings is 2. The number of anilines is 2. The molecule has 0 aromatic heterocycles. The fraction of sp³-hybridized carbons (Fsp3) is 0.417. The van der Waals surface area contributed by atoms with E-state index >= 15 is 0 Å². The molecule has 0 radical (unpaired) electrons. The summed E-state index contributed by atoms with van der Waals surface area (Å²) < 4.78 is 5.51. The van der Waals surface area contributed by atoms with Gasteiger partial charge in [0.15, 0.2) is 0 Å². The lowest BCUT2D eigenvalue weighted by molar-refractivity contribution is -0.136. The summed E-state index contributed by atoms with van der Waals surface area (Å²) in [5, 5.41) is 6.03. The van der Waals surface area contributed by atoms with E-state index in [1.807, 2.05) is 0 Å². The molecule has 0 aliphatic carbocycles. The minimum Gasteiger partial charge on any atom is -0.379 e. The third kappa shape index (κ3) is 4.90. The second-order valence-electron chi connectivity index (χ2n) is 8.30. The van der Waals surface area contributed by atoms with E-state index in [1.54, 1.807) is 25.1 Å². The quantitative estimate of drug-likeness (QED) is 0.677. The first-order chi connectivity index (χ1) is 15.4. The van der Waals surface area contributed by atoms with Crippen molar-refractivity contribution < 1.29 is 14.3 Å². The monoisotopic (exact) mass is 456 g/mol. The molecule has 1 fully saturated rings. The minimum atomic E-state index is -0.702. The molecule has 170 valence electrons. The second kappa shape index (κ2) is 9.90. The van der Waals surface area contributed by atoms with E-state index in [0.717, 1.165) is 37.2 Å². The molecule has 32 heavy (non-hydrogen) atoms. The van der Waals surface area contributed by atoms with E-state index in [9.17, 15) is 9.59 Å². The van der Waals surface area contributed by atoms with E-state index in [4.69, 9.17) is 16.3 Å². The summed E-state index contributed by atoms with van der Waals surface area (Å²) in [7, 11) is 2.10. The number of nitrogens with zero attached hydrogens (tertiary/aromatic N) is 2. The highest BCUT2D eigenvalue weighted by molar-refractivity contribution is 6.40. The number of hydrogen-bond acceptors (Lipinski definition) is 5. The Morgan fingerprint density at radius 3 is 2.69 bits per heavy atom. The van der Waals surface area contributed by atoms with E-state index in [2.05, 4.69) is 45.7 Å². The first-order valence-corrected chi connectivity index (χ1v) is 11.3. The molecule has 8 heteroatoms. The van der Waals surface area contributed by atoms with Crippen LogP contribution in [0.25, 0.3) is 0 Å². The van der Waals surface area contributed by atoms with Gasteiger partial charge in [-0.05, 0) is 48.2 Å². The molecule has 2 heterocycles. The number of morpholine rings is 1. The molecule has 7 nitrogen and oxygen atoms in total. The van der Waals surface area contributed by atoms with Crippen LogP contribution in [-0.2, 0) is 20.7 Å². The van der Waals surface area contributed by atoms with E-state index in [0.29, 0.717) is 30.5 Å². The molecule has 2 aliphatic rings. The van der Waals surface area contributed by atoms with Crippen molar-refractivity contribution in [1.82, 2.24) is 10.2 Å². The van der Waals surface area contributed by atoms with Crippen LogP contribution >= 0.6 is 11.6 Å². The van der Waals surface area contributed by atoms with Crippen LogP contribution in [0.4, 0.5) is 11.4 Å². The molecule has 0 unspecified atom stereocenters. The topological polar surface area (TPSA) is 73.9 Å². The van der Waals surface area contributed by atoms with Crippen molar-refractivity contribution in [1.29, 1.82) is 0 Å². The Bertz CT molecular complexity index is 1010. The zero-order valence-electron chi connectivity index (χ0n) is 18.5. The molecule has 2 amide bonds. The van der Waals surface area contributed by atoms with Crippen molar-refractivity contribution >= 4 is 34.8 Å². The van der Waals surface area contributed by atoms with Gasteiger partial charge >= 0.3 is 11.8 Å². The van der Waals surface area contributed by atoms with Gasteiger partial charge in [-0.1, -0.05) is 29.8 Å². The molecule has 1 atom stereocenters. The Morgan fingerprint density at radius 2 is 1.91 bits per heavy atom. The Kier molecular flexibility index (Phi) is 6.98. The first-order valence-electron chi connectivity index (χ1n) is 10.9. The Morgan fingerprint density at radius 1 is 1.12 bits per heavy atom. The predicted octanol–water partition coefficient (Wildman–Crippen LogP) is 2.77. The van der Waals surface area contributed by atoms with Crippen molar-refractivity contribution in [2.45, 2.75) is 19.4 Å². The molecule has 4 rings (SSSR count). The second-order valence-corrected chi connectivity index (χ2v) is 8.71. The number of halogens is 1. The summed E-state index contributed by atoms with van der Waals surface area (Å²) in [5.41, 5.74) is 4.99. The summed E-state index contributed by atoms with van der Waals surface area (Å²) in [6.07, 6.45) is 1.02. The number of hydrogen-bond donors (Lipinski definition) is 2. The molecule has 2 aromatic carbocycles. The zero-order chi connectivity index (χ0) is 22.7. The molecule has 2 N–H and O–H groups in total. The van der Waals surface area contributed by atoms with Crippen molar-refractivity contribution in [3.63, 3.8) is 0 Å². The highest BCUT2D eigenvalue weighted by Crippen LogP contribution is 2.31. The summed E-state index contributed by atoms with van der Waals surface area (Å²) >= 11 is 6.11. The first kappa shape index (κ1) is 22.6. The number of nitrogens with one attached hydrogen (secondary N) is 2. The number of fused-ring (bicyclic) bond motifs is 1. The van der Waals surface area contributed by atoms with Crippen molar-refractivity contribution in [3.05, 3.63) is 58.1 Å². The lowest BCUT2D eigenvalue weighted by Crippen LogP contribution is -2.45. The fourth-order valence-corrected chi connectivity index (χ4v) is 4.51. The van der Waals surface area contributed by atoms with Crippen LogP contribution in [0.1, 0.15) is 22.7 Å². The molecule has 0 saturated carbocycles. The average Bonchev–Trinajstić information content (AvgIpc) is 3.17. The molecular formula is C24H29ClN4O3. The van der Waals surface area contributed by atoms with Crippen molar-refractivity contribution in [3.8, 4) is 0 Å². The third-order valence-electron chi connectivity index (χ3n) is 6.28. The maximum atomic E-state index is 12.6. The maximum absolute atomic E-state index is 12.6. The SMILES string of the molecule is Cc1c(Cl)cccc1NC(=O)C(=O)NC[C@@H](c1ccc2c(c1)CCN2C)N1CCOCC1. The standard InChI is InChI=1S/C24H29ClN4O3/c1-16-19(25)4-3-5-20(16)27-24(31)23(30)26-15-22(29-10-12-32-13-11-29)17-6-7-21-18(14-17)8-9-28(21)2/h3-7,14,22H,8-13,15H2,1-2H3,(H,26,30)(H,27,31)/t22-/m0/s1. The number of likely N-dealkylation sites (N-methyl/N-ethyl adjacent to an activating group) is 1. The summed E-state index contributed by atoms with van der Waals surface area (Å²) in [6.45, 7) is 6.04. The molecule has 1 saturated heterocycles. The van der Waals surface area contributed by atoms with Gasteiger partial charge in [0.1, 0.15) is 0 Å². The van der Waals surface area contributed by atoms with Crippen LogP contribution in [0.15, 0.2) is 36.4 Å². The number of rotatable bonds is 5. The van der Waals surface area contributed by atoms with Gasteiger partial charge in [0.2, 0.25) is 0 Å².